The smallest absolute Gasteiger partial charge is 0.0151 e. The fraction of sp³-hybridized carbons (Fsp3) is 0.538. The van der Waals surface area contributed by atoms with E-state index in [4.69, 9.17) is 0 Å². The number of benzene rings is 1. The maximum absolute atomic E-state index is 3.74. The Balaban J connectivity index is 2.05. The van der Waals surface area contributed by atoms with Crippen LogP contribution in [0.3, 0.4) is 0 Å². The van der Waals surface area contributed by atoms with Crippen molar-refractivity contribution in [3.8, 4) is 0 Å². The van der Waals surface area contributed by atoms with E-state index in [1.54, 1.807) is 0 Å². The Morgan fingerprint density at radius 3 is 2.60 bits per heavy atom. The van der Waals surface area contributed by atoms with E-state index in [0.717, 1.165) is 4.83 Å². The summed E-state index contributed by atoms with van der Waals surface area (Å²) in [6.45, 7) is 2.42. The highest BCUT2D eigenvalue weighted by molar-refractivity contribution is 14.1. The van der Waals surface area contributed by atoms with Gasteiger partial charge in [0.1, 0.15) is 0 Å². The van der Waals surface area contributed by atoms with Crippen LogP contribution >= 0.6 is 38.5 Å². The lowest BCUT2D eigenvalue weighted by Gasteiger charge is -2.23. The minimum Gasteiger partial charge on any atom is -0.0890 e. The van der Waals surface area contributed by atoms with E-state index in [-0.39, 0.29) is 0 Å². The van der Waals surface area contributed by atoms with E-state index < -0.39 is 0 Å². The summed E-state index contributed by atoms with van der Waals surface area (Å²) in [6, 6.07) is 8.96. The van der Waals surface area contributed by atoms with Gasteiger partial charge in [-0.1, -0.05) is 35.0 Å². The summed E-state index contributed by atoms with van der Waals surface area (Å²) in [5.41, 5.74) is 2.00. The molecule has 0 amide bonds. The third-order valence-electron chi connectivity index (χ3n) is 3.32. The molecule has 0 spiro atoms. The fourth-order valence-corrected chi connectivity index (χ4v) is 3.87. The zero-order valence-electron chi connectivity index (χ0n) is 8.97. The molecular weight excluding hydrogens is 363 g/mol. The Kier molecular flexibility index (Phi) is 3.76. The molecule has 0 saturated heterocycles. The van der Waals surface area contributed by atoms with E-state index in [1.807, 2.05) is 0 Å². The van der Waals surface area contributed by atoms with Crippen LogP contribution in [0.15, 0.2) is 24.3 Å². The average molecular weight is 379 g/mol. The van der Waals surface area contributed by atoms with Gasteiger partial charge in [-0.3, -0.25) is 0 Å². The monoisotopic (exact) mass is 378 g/mol. The van der Waals surface area contributed by atoms with Gasteiger partial charge in [0.2, 0.25) is 0 Å². The molecular formula is C13H16BrI. The van der Waals surface area contributed by atoms with Gasteiger partial charge >= 0.3 is 0 Å². The van der Waals surface area contributed by atoms with Crippen molar-refractivity contribution in [2.24, 2.45) is 5.41 Å². The van der Waals surface area contributed by atoms with Gasteiger partial charge in [0.15, 0.2) is 0 Å². The van der Waals surface area contributed by atoms with Crippen LogP contribution in [0.4, 0.5) is 0 Å². The molecule has 1 fully saturated rings. The van der Waals surface area contributed by atoms with Crippen LogP contribution in [0, 0.1) is 8.99 Å². The topological polar surface area (TPSA) is 0 Å². The third-order valence-corrected chi connectivity index (χ3v) is 4.82. The quantitative estimate of drug-likeness (QED) is 0.512. The standard InChI is InChI=1S/C13H16BrI/c1-13(7-6-11(14)9-13)8-10-2-4-12(15)5-3-10/h2-5,11H,6-9H2,1H3. The van der Waals surface area contributed by atoms with Crippen molar-refractivity contribution in [1.82, 2.24) is 0 Å². The molecule has 1 saturated carbocycles. The van der Waals surface area contributed by atoms with Crippen molar-refractivity contribution in [3.05, 3.63) is 33.4 Å². The zero-order valence-corrected chi connectivity index (χ0v) is 12.7. The first-order valence-corrected chi connectivity index (χ1v) is 7.45. The first-order valence-electron chi connectivity index (χ1n) is 5.46. The molecule has 0 heterocycles. The Hall–Kier alpha value is 0.430. The van der Waals surface area contributed by atoms with Gasteiger partial charge in [-0.05, 0) is 71.4 Å². The molecule has 0 aliphatic heterocycles. The summed E-state index contributed by atoms with van der Waals surface area (Å²) in [4.78, 5) is 0.742. The zero-order chi connectivity index (χ0) is 10.9. The van der Waals surface area contributed by atoms with Gasteiger partial charge in [-0.2, -0.15) is 0 Å². The molecule has 0 bridgehead atoms. The summed E-state index contributed by atoms with van der Waals surface area (Å²) in [6.07, 6.45) is 5.24. The number of rotatable bonds is 2. The van der Waals surface area contributed by atoms with Gasteiger partial charge in [0.05, 0.1) is 0 Å². The third kappa shape index (κ3) is 3.19. The number of hydrogen-bond acceptors (Lipinski definition) is 0. The molecule has 2 heteroatoms. The molecule has 0 radical (unpaired) electrons. The van der Waals surface area contributed by atoms with Gasteiger partial charge in [-0.25, -0.2) is 0 Å². The summed E-state index contributed by atoms with van der Waals surface area (Å²) in [5, 5.41) is 0. The molecule has 2 unspecified atom stereocenters. The van der Waals surface area contributed by atoms with Gasteiger partial charge < -0.3 is 0 Å². The molecule has 2 rings (SSSR count). The normalized spacial score (nSPS) is 30.7. The molecule has 1 aliphatic carbocycles. The second-order valence-corrected chi connectivity index (χ2v) is 7.49. The largest absolute Gasteiger partial charge is 0.0890 e. The Bertz CT molecular complexity index is 333. The predicted octanol–water partition coefficient (Wildman–Crippen LogP) is 4.79. The summed E-state index contributed by atoms with van der Waals surface area (Å²) < 4.78 is 1.33. The molecule has 1 aromatic carbocycles. The second-order valence-electron chi connectivity index (χ2n) is 4.95. The second kappa shape index (κ2) is 4.74. The summed E-state index contributed by atoms with van der Waals surface area (Å²) in [7, 11) is 0. The van der Waals surface area contributed by atoms with Gasteiger partial charge in [-0.15, -0.1) is 0 Å². The first kappa shape index (κ1) is 11.9. The van der Waals surface area contributed by atoms with Crippen molar-refractivity contribution in [3.63, 3.8) is 0 Å². The Morgan fingerprint density at radius 2 is 2.07 bits per heavy atom. The summed E-state index contributed by atoms with van der Waals surface area (Å²) >= 11 is 6.10. The molecule has 15 heavy (non-hydrogen) atoms. The van der Waals surface area contributed by atoms with Crippen molar-refractivity contribution in [2.45, 2.75) is 37.4 Å². The maximum Gasteiger partial charge on any atom is 0.0151 e. The number of halogens is 2. The minimum atomic E-state index is 0.515. The minimum absolute atomic E-state index is 0.515. The Morgan fingerprint density at radius 1 is 1.40 bits per heavy atom. The fourth-order valence-electron chi connectivity index (χ4n) is 2.50. The van der Waals surface area contributed by atoms with Crippen molar-refractivity contribution >= 4 is 38.5 Å². The lowest BCUT2D eigenvalue weighted by molar-refractivity contribution is 0.336. The van der Waals surface area contributed by atoms with Gasteiger partial charge in [0, 0.05) is 8.40 Å². The van der Waals surface area contributed by atoms with E-state index >= 15 is 0 Å². The average Bonchev–Trinajstić information content (AvgIpc) is 2.50. The highest BCUT2D eigenvalue weighted by Gasteiger charge is 2.33. The van der Waals surface area contributed by atoms with Crippen LogP contribution in [-0.4, -0.2) is 4.83 Å². The van der Waals surface area contributed by atoms with Crippen molar-refractivity contribution in [2.75, 3.05) is 0 Å². The first-order chi connectivity index (χ1) is 7.07. The van der Waals surface area contributed by atoms with Crippen LogP contribution in [0.25, 0.3) is 0 Å². The van der Waals surface area contributed by atoms with Crippen molar-refractivity contribution < 1.29 is 0 Å². The molecule has 0 nitrogen and oxygen atoms in total. The van der Waals surface area contributed by atoms with Crippen LogP contribution in [0.1, 0.15) is 31.7 Å². The van der Waals surface area contributed by atoms with Crippen molar-refractivity contribution in [1.29, 1.82) is 0 Å². The highest BCUT2D eigenvalue weighted by Crippen LogP contribution is 2.43. The Labute approximate surface area is 114 Å². The van der Waals surface area contributed by atoms with E-state index in [2.05, 4.69) is 69.7 Å². The maximum atomic E-state index is 3.74. The molecule has 1 aliphatic rings. The highest BCUT2D eigenvalue weighted by atomic mass is 127. The molecule has 82 valence electrons. The molecule has 1 aromatic rings. The van der Waals surface area contributed by atoms with Gasteiger partial charge in [0.25, 0.3) is 0 Å². The van der Waals surface area contributed by atoms with Crippen LogP contribution in [-0.2, 0) is 6.42 Å². The van der Waals surface area contributed by atoms with E-state index in [9.17, 15) is 0 Å². The van der Waals surface area contributed by atoms with Crippen LogP contribution in [0.5, 0.6) is 0 Å². The van der Waals surface area contributed by atoms with Crippen LogP contribution in [0.2, 0.25) is 0 Å². The van der Waals surface area contributed by atoms with Crippen LogP contribution < -0.4 is 0 Å². The van der Waals surface area contributed by atoms with E-state index in [1.165, 1.54) is 34.8 Å². The summed E-state index contributed by atoms with van der Waals surface area (Å²) in [5.74, 6) is 0. The van der Waals surface area contributed by atoms with E-state index in [0.29, 0.717) is 5.41 Å². The molecule has 0 N–H and O–H groups in total. The SMILES string of the molecule is CC1(Cc2ccc(I)cc2)CCC(Br)C1. The molecule has 0 aromatic heterocycles. The lowest BCUT2D eigenvalue weighted by atomic mass is 9.82. The number of hydrogen-bond donors (Lipinski definition) is 0. The molecule has 2 atom stereocenters. The number of alkyl halides is 1. The lowest BCUT2D eigenvalue weighted by Crippen LogP contribution is -2.15. The predicted molar refractivity (Wildman–Crippen MR) is 77.5 cm³/mol.